The molecule has 0 amide bonds. The maximum Gasteiger partial charge on any atom is 0.266 e. The first-order valence-electron chi connectivity index (χ1n) is 18.7. The average Bonchev–Trinajstić information content (AvgIpc) is 3.68. The second-order valence-corrected chi connectivity index (χ2v) is 15.7. The van der Waals surface area contributed by atoms with Gasteiger partial charge in [-0.15, -0.1) is 11.3 Å². The summed E-state index contributed by atoms with van der Waals surface area (Å²) >= 11 is 8.03. The lowest BCUT2D eigenvalue weighted by molar-refractivity contribution is 0.481. The molecule has 8 rings (SSSR count). The Labute approximate surface area is 333 Å². The number of phenols is 1. The predicted molar refractivity (Wildman–Crippen MR) is 234 cm³/mol. The van der Waals surface area contributed by atoms with Crippen LogP contribution in [-0.2, 0) is 0 Å². The molecular weight excluding hydrogens is 740 g/mol. The van der Waals surface area contributed by atoms with E-state index in [9.17, 15) is 14.7 Å². The van der Waals surface area contributed by atoms with Crippen molar-refractivity contribution in [1.29, 1.82) is 0 Å². The summed E-state index contributed by atoms with van der Waals surface area (Å²) in [4.78, 5) is 40.2. The second kappa shape index (κ2) is 16.0. The standard InChI is InChI=1S/C24H25N3O2.C21H20ClN3OS/c1-13(12-25-4)16-8-10-17(11-9-16)20-14(2)26-15(3)23-22(20)18-6-5-7-19(28)21(18)24(29)27-23;1-11(10-23-3)13-4-6-14(7-5-13)16-17-15-8-9-27-19(15)21(26)25-18(17)12(2)24-20(16)22/h5-11,13,25,28H,12H2,1-4H3,(H,27,29);4-9,11,23H,10H2,1-3H3,(H,25,26). The molecule has 5 heterocycles. The molecule has 0 spiro atoms. The van der Waals surface area contributed by atoms with Crippen LogP contribution in [0.5, 0.6) is 5.75 Å². The Morgan fingerprint density at radius 1 is 0.679 bits per heavy atom. The van der Waals surface area contributed by atoms with E-state index in [1.54, 1.807) is 12.1 Å². The number of aromatic nitrogens is 4. The molecule has 0 saturated carbocycles. The van der Waals surface area contributed by atoms with Crippen molar-refractivity contribution in [3.63, 3.8) is 0 Å². The normalized spacial score (nSPS) is 12.6. The van der Waals surface area contributed by atoms with E-state index in [1.807, 2.05) is 52.4 Å². The Bertz CT molecular complexity index is 2860. The molecule has 0 aliphatic rings. The first kappa shape index (κ1) is 38.9. The molecule has 0 aliphatic heterocycles. The lowest BCUT2D eigenvalue weighted by Crippen LogP contribution is -2.14. The predicted octanol–water partition coefficient (Wildman–Crippen LogP) is 9.48. The second-order valence-electron chi connectivity index (χ2n) is 14.5. The molecule has 3 aromatic carbocycles. The lowest BCUT2D eigenvalue weighted by Gasteiger charge is -2.16. The third-order valence-electron chi connectivity index (χ3n) is 10.6. The summed E-state index contributed by atoms with van der Waals surface area (Å²) < 4.78 is 0.713. The number of rotatable bonds is 8. The molecule has 5 N–H and O–H groups in total. The molecular formula is C45H45ClN6O3S. The molecule has 9 nitrogen and oxygen atoms in total. The minimum Gasteiger partial charge on any atom is -0.507 e. The molecule has 0 bridgehead atoms. The van der Waals surface area contributed by atoms with Gasteiger partial charge in [0.25, 0.3) is 11.1 Å². The molecule has 5 aromatic heterocycles. The maximum absolute atomic E-state index is 12.6. The summed E-state index contributed by atoms with van der Waals surface area (Å²) in [5.41, 5.74) is 9.87. The van der Waals surface area contributed by atoms with Crippen LogP contribution in [0.2, 0.25) is 5.15 Å². The highest BCUT2D eigenvalue weighted by molar-refractivity contribution is 7.17. The zero-order valence-electron chi connectivity index (χ0n) is 32.5. The summed E-state index contributed by atoms with van der Waals surface area (Å²) in [5.74, 6) is 0.824. The van der Waals surface area contributed by atoms with Crippen molar-refractivity contribution >= 4 is 65.6 Å². The number of H-pyrrole nitrogens is 2. The van der Waals surface area contributed by atoms with Crippen LogP contribution in [0.4, 0.5) is 0 Å². The summed E-state index contributed by atoms with van der Waals surface area (Å²) in [7, 11) is 3.92. The molecule has 8 aromatic rings. The van der Waals surface area contributed by atoms with Crippen molar-refractivity contribution in [2.45, 2.75) is 46.5 Å². The molecule has 0 radical (unpaired) electrons. The number of phenolic OH excluding ortho intramolecular Hbond substituents is 1. The lowest BCUT2D eigenvalue weighted by atomic mass is 9.92. The topological polar surface area (TPSA) is 136 Å². The third kappa shape index (κ3) is 7.10. The van der Waals surface area contributed by atoms with Crippen LogP contribution < -0.4 is 21.8 Å². The van der Waals surface area contributed by atoms with Gasteiger partial charge < -0.3 is 25.7 Å². The highest BCUT2D eigenvalue weighted by atomic mass is 35.5. The van der Waals surface area contributed by atoms with E-state index in [4.69, 9.17) is 16.6 Å². The first-order valence-corrected chi connectivity index (χ1v) is 19.9. The van der Waals surface area contributed by atoms with Crippen molar-refractivity contribution < 1.29 is 5.11 Å². The molecule has 0 aliphatic carbocycles. The van der Waals surface area contributed by atoms with Crippen LogP contribution in [0.1, 0.15) is 53.9 Å². The molecule has 2 atom stereocenters. The molecule has 286 valence electrons. The van der Waals surface area contributed by atoms with Gasteiger partial charge in [0.15, 0.2) is 0 Å². The smallest absolute Gasteiger partial charge is 0.266 e. The van der Waals surface area contributed by atoms with Gasteiger partial charge >= 0.3 is 0 Å². The van der Waals surface area contributed by atoms with Crippen molar-refractivity contribution in [2.24, 2.45) is 0 Å². The number of nitrogens with zero attached hydrogens (tertiary/aromatic N) is 2. The number of hydrogen-bond donors (Lipinski definition) is 5. The minimum absolute atomic E-state index is 0.0139. The quantitative estimate of drug-likeness (QED) is 0.0765. The van der Waals surface area contributed by atoms with E-state index in [1.165, 1.54) is 22.5 Å². The highest BCUT2D eigenvalue weighted by Crippen LogP contribution is 2.40. The third-order valence-corrected chi connectivity index (χ3v) is 11.8. The summed E-state index contributed by atoms with van der Waals surface area (Å²) in [5, 5.41) is 23.0. The molecule has 56 heavy (non-hydrogen) atoms. The van der Waals surface area contributed by atoms with E-state index in [-0.39, 0.29) is 16.9 Å². The Morgan fingerprint density at radius 2 is 1.21 bits per heavy atom. The van der Waals surface area contributed by atoms with E-state index in [0.29, 0.717) is 32.6 Å². The Balaban J connectivity index is 0.000000172. The first-order chi connectivity index (χ1) is 26.9. The van der Waals surface area contributed by atoms with Crippen molar-refractivity contribution in [3.8, 4) is 28.0 Å². The number of aryl methyl sites for hydroxylation is 3. The van der Waals surface area contributed by atoms with Crippen molar-refractivity contribution in [2.75, 3.05) is 27.2 Å². The fourth-order valence-electron chi connectivity index (χ4n) is 7.80. The van der Waals surface area contributed by atoms with Gasteiger partial charge in [0.05, 0.1) is 27.8 Å². The summed E-state index contributed by atoms with van der Waals surface area (Å²) in [6.07, 6.45) is 0. The molecule has 11 heteroatoms. The highest BCUT2D eigenvalue weighted by Gasteiger charge is 2.20. The van der Waals surface area contributed by atoms with E-state index >= 15 is 0 Å². The number of thiophene rings is 1. The van der Waals surface area contributed by atoms with Crippen molar-refractivity contribution in [3.05, 3.63) is 132 Å². The molecule has 0 fully saturated rings. The molecule has 2 unspecified atom stereocenters. The van der Waals surface area contributed by atoms with E-state index < -0.39 is 0 Å². The molecule has 0 saturated heterocycles. The summed E-state index contributed by atoms with van der Waals surface area (Å²) in [6, 6.07) is 24.1. The van der Waals surface area contributed by atoms with Gasteiger partial charge in [0.1, 0.15) is 15.6 Å². The van der Waals surface area contributed by atoms with Crippen LogP contribution in [0.25, 0.3) is 64.9 Å². The van der Waals surface area contributed by atoms with Crippen LogP contribution in [0.15, 0.2) is 87.8 Å². The number of likely N-dealkylation sites (N-methyl/N-ethyl adjacent to an activating group) is 2. The van der Waals surface area contributed by atoms with Gasteiger partial charge in [-0.3, -0.25) is 14.6 Å². The largest absolute Gasteiger partial charge is 0.507 e. The van der Waals surface area contributed by atoms with Crippen LogP contribution in [0, 0.1) is 20.8 Å². The summed E-state index contributed by atoms with van der Waals surface area (Å²) in [6.45, 7) is 12.0. The van der Waals surface area contributed by atoms with E-state index in [2.05, 4.69) is 88.0 Å². The number of aromatic amines is 2. The number of halogens is 1. The van der Waals surface area contributed by atoms with Crippen LogP contribution in [-0.4, -0.2) is 52.2 Å². The number of aromatic hydroxyl groups is 1. The van der Waals surface area contributed by atoms with Gasteiger partial charge in [-0.05, 0) is 86.5 Å². The number of nitrogens with one attached hydrogen (secondary N) is 4. The Hall–Kier alpha value is -5.39. The minimum atomic E-state index is -0.304. The Morgan fingerprint density at radius 3 is 1.80 bits per heavy atom. The van der Waals surface area contributed by atoms with Gasteiger partial charge in [-0.1, -0.05) is 86.1 Å². The fraction of sp³-hybridized carbons (Fsp3) is 0.244. The zero-order chi connectivity index (χ0) is 39.8. The Kier molecular flexibility index (Phi) is 11.1. The number of hydrogen-bond acceptors (Lipinski definition) is 8. The fourth-order valence-corrected chi connectivity index (χ4v) is 8.93. The number of benzene rings is 3. The van der Waals surface area contributed by atoms with Gasteiger partial charge in [-0.2, -0.15) is 0 Å². The van der Waals surface area contributed by atoms with Crippen LogP contribution >= 0.6 is 22.9 Å². The van der Waals surface area contributed by atoms with Crippen LogP contribution in [0.3, 0.4) is 0 Å². The average molecular weight is 785 g/mol. The van der Waals surface area contributed by atoms with Crippen molar-refractivity contribution in [1.82, 2.24) is 30.6 Å². The van der Waals surface area contributed by atoms with E-state index in [0.717, 1.165) is 79.5 Å². The van der Waals surface area contributed by atoms with Gasteiger partial charge in [-0.25, -0.2) is 4.98 Å². The number of pyridine rings is 4. The number of fused-ring (bicyclic) bond motifs is 6. The van der Waals surface area contributed by atoms with Gasteiger partial charge in [0, 0.05) is 51.5 Å². The maximum atomic E-state index is 12.6. The zero-order valence-corrected chi connectivity index (χ0v) is 34.1. The monoisotopic (exact) mass is 784 g/mol. The SMILES string of the molecule is CNCC(C)c1ccc(-c2c(C)nc(C)c3[nH]c(=O)c4c(O)cccc4c23)cc1.CNCC(C)c1ccc(-c2c(Cl)nc(C)c3[nH]c(=O)c4sccc4c23)cc1. The van der Waals surface area contributed by atoms with Gasteiger partial charge in [0.2, 0.25) is 0 Å².